The fraction of sp³-hybridized carbons (Fsp3) is 0.462. The van der Waals surface area contributed by atoms with Crippen LogP contribution in [0, 0.1) is 0 Å². The molecule has 2 rings (SSSR count). The topological polar surface area (TPSA) is 40.5 Å². The van der Waals surface area contributed by atoms with Crippen LogP contribution < -0.4 is 0 Å². The molecular weight excluding hydrogens is 318 g/mol. The largest absolute Gasteiger partial charge is 0.481 e. The van der Waals surface area contributed by atoms with Crippen molar-refractivity contribution >= 4 is 33.5 Å². The zero-order valence-electron chi connectivity index (χ0n) is 9.90. The van der Waals surface area contributed by atoms with E-state index in [1.165, 1.54) is 0 Å². The molecule has 1 aromatic rings. The van der Waals surface area contributed by atoms with Crippen LogP contribution in [0.2, 0.25) is 5.02 Å². The first-order valence-corrected chi connectivity index (χ1v) is 7.13. The van der Waals surface area contributed by atoms with Crippen molar-refractivity contribution in [1.82, 2.24) is 4.90 Å². The summed E-state index contributed by atoms with van der Waals surface area (Å²) in [5, 5.41) is 9.50. The Balaban J connectivity index is 2.03. The van der Waals surface area contributed by atoms with E-state index in [0.717, 1.165) is 34.4 Å². The third-order valence-corrected chi connectivity index (χ3v) is 3.92. The molecule has 1 fully saturated rings. The second-order valence-corrected chi connectivity index (χ2v) is 5.90. The molecule has 5 heteroatoms. The van der Waals surface area contributed by atoms with Crippen molar-refractivity contribution in [3.8, 4) is 0 Å². The highest BCUT2D eigenvalue weighted by Crippen LogP contribution is 2.30. The number of benzene rings is 1. The first-order chi connectivity index (χ1) is 8.56. The van der Waals surface area contributed by atoms with Gasteiger partial charge in [-0.2, -0.15) is 0 Å². The Morgan fingerprint density at radius 1 is 1.50 bits per heavy atom. The van der Waals surface area contributed by atoms with Crippen LogP contribution in [0.25, 0.3) is 0 Å². The lowest BCUT2D eigenvalue weighted by Gasteiger charge is -2.21. The summed E-state index contributed by atoms with van der Waals surface area (Å²) in [6, 6.07) is 6.30. The molecule has 0 radical (unpaired) electrons. The Morgan fingerprint density at radius 2 is 2.22 bits per heavy atom. The predicted molar refractivity (Wildman–Crippen MR) is 74.8 cm³/mol. The second kappa shape index (κ2) is 6.04. The highest BCUT2D eigenvalue weighted by molar-refractivity contribution is 9.10. The summed E-state index contributed by atoms with van der Waals surface area (Å²) in [5.74, 6) is -0.749. The minimum atomic E-state index is -0.749. The molecule has 0 atom stereocenters. The molecule has 18 heavy (non-hydrogen) atoms. The lowest BCUT2D eigenvalue weighted by molar-refractivity contribution is -0.137. The first-order valence-electron chi connectivity index (χ1n) is 5.96. The smallest absolute Gasteiger partial charge is 0.304 e. The molecule has 0 spiro atoms. The van der Waals surface area contributed by atoms with Gasteiger partial charge >= 0.3 is 5.97 Å². The summed E-state index contributed by atoms with van der Waals surface area (Å²) in [4.78, 5) is 12.9. The van der Waals surface area contributed by atoms with E-state index in [1.807, 2.05) is 18.2 Å². The summed E-state index contributed by atoms with van der Waals surface area (Å²) < 4.78 is 0.996. The van der Waals surface area contributed by atoms with E-state index in [4.69, 9.17) is 16.7 Å². The van der Waals surface area contributed by atoms with Crippen molar-refractivity contribution in [3.05, 3.63) is 33.3 Å². The summed E-state index contributed by atoms with van der Waals surface area (Å²) in [6.07, 6.45) is 2.50. The van der Waals surface area contributed by atoms with Crippen molar-refractivity contribution in [3.63, 3.8) is 0 Å². The Kier molecular flexibility index (Phi) is 4.65. The summed E-state index contributed by atoms with van der Waals surface area (Å²) in [5.41, 5.74) is 1.04. The quantitative estimate of drug-likeness (QED) is 0.866. The number of hydrogen-bond donors (Lipinski definition) is 1. The van der Waals surface area contributed by atoms with Gasteiger partial charge in [0.2, 0.25) is 0 Å². The number of carboxylic acid groups (broad SMARTS) is 1. The van der Waals surface area contributed by atoms with E-state index in [9.17, 15) is 4.79 Å². The van der Waals surface area contributed by atoms with Crippen LogP contribution in [-0.2, 0) is 11.3 Å². The molecule has 1 aliphatic rings. The van der Waals surface area contributed by atoms with Crippen LogP contribution in [0.4, 0.5) is 0 Å². The Morgan fingerprint density at radius 3 is 2.83 bits per heavy atom. The highest BCUT2D eigenvalue weighted by Gasteiger charge is 2.29. The van der Waals surface area contributed by atoms with Crippen LogP contribution in [-0.4, -0.2) is 28.6 Å². The van der Waals surface area contributed by atoms with Crippen molar-refractivity contribution in [2.24, 2.45) is 0 Å². The number of rotatable bonds is 6. The van der Waals surface area contributed by atoms with Crippen LogP contribution >= 0.6 is 27.5 Å². The maximum absolute atomic E-state index is 10.7. The molecule has 0 bridgehead atoms. The highest BCUT2D eigenvalue weighted by atomic mass is 79.9. The van der Waals surface area contributed by atoms with Crippen LogP contribution in [0.15, 0.2) is 22.7 Å². The summed E-state index contributed by atoms with van der Waals surface area (Å²) in [7, 11) is 0. The van der Waals surface area contributed by atoms with E-state index in [0.29, 0.717) is 12.6 Å². The summed E-state index contributed by atoms with van der Waals surface area (Å²) in [6.45, 7) is 1.30. The van der Waals surface area contributed by atoms with Gasteiger partial charge in [-0.05, 0) is 36.6 Å². The molecule has 0 heterocycles. The average Bonchev–Trinajstić information content (AvgIpc) is 3.12. The molecular formula is C13H15BrClNO2. The molecule has 0 aliphatic heterocycles. The first kappa shape index (κ1) is 13.8. The van der Waals surface area contributed by atoms with Gasteiger partial charge in [-0.25, -0.2) is 0 Å². The lowest BCUT2D eigenvalue weighted by atomic mass is 10.2. The zero-order chi connectivity index (χ0) is 13.1. The molecule has 0 aromatic heterocycles. The van der Waals surface area contributed by atoms with E-state index in [2.05, 4.69) is 20.8 Å². The zero-order valence-corrected chi connectivity index (χ0v) is 12.2. The molecule has 1 N–H and O–H groups in total. The Hall–Kier alpha value is -0.580. The summed E-state index contributed by atoms with van der Waals surface area (Å²) >= 11 is 9.59. The van der Waals surface area contributed by atoms with E-state index in [1.54, 1.807) is 0 Å². The number of nitrogens with zero attached hydrogens (tertiary/aromatic N) is 1. The third kappa shape index (κ3) is 3.97. The lowest BCUT2D eigenvalue weighted by Crippen LogP contribution is -2.28. The molecule has 3 nitrogen and oxygen atoms in total. The van der Waals surface area contributed by atoms with Gasteiger partial charge in [-0.15, -0.1) is 0 Å². The molecule has 0 saturated heterocycles. The van der Waals surface area contributed by atoms with Gasteiger partial charge in [0.15, 0.2) is 0 Å². The molecule has 1 saturated carbocycles. The van der Waals surface area contributed by atoms with Crippen LogP contribution in [0.1, 0.15) is 24.8 Å². The third-order valence-electron chi connectivity index (χ3n) is 3.06. The maximum Gasteiger partial charge on any atom is 0.304 e. The predicted octanol–water partition coefficient (Wildman–Crippen LogP) is 3.54. The van der Waals surface area contributed by atoms with E-state index >= 15 is 0 Å². The number of carbonyl (C=O) groups is 1. The fourth-order valence-electron chi connectivity index (χ4n) is 1.95. The standard InChI is InChI=1S/C13H15BrClNO2/c14-10-1-4-12(15)9(7-10)8-16(11-2-3-11)6-5-13(17)18/h1,4,7,11H,2-3,5-6,8H2,(H,17,18). The van der Waals surface area contributed by atoms with Crippen molar-refractivity contribution < 1.29 is 9.90 Å². The maximum atomic E-state index is 10.7. The van der Waals surface area contributed by atoms with Gasteiger partial charge in [0.05, 0.1) is 6.42 Å². The van der Waals surface area contributed by atoms with Crippen molar-refractivity contribution in [2.45, 2.75) is 31.8 Å². The number of aliphatic carboxylic acids is 1. The number of halogens is 2. The molecule has 98 valence electrons. The number of carboxylic acids is 1. The average molecular weight is 333 g/mol. The molecule has 1 aromatic carbocycles. The normalized spacial score (nSPS) is 15.1. The molecule has 1 aliphatic carbocycles. The van der Waals surface area contributed by atoms with Crippen LogP contribution in [0.3, 0.4) is 0 Å². The Labute approximate surface area is 120 Å². The Bertz CT molecular complexity index is 449. The van der Waals surface area contributed by atoms with Gasteiger partial charge in [-0.1, -0.05) is 27.5 Å². The van der Waals surface area contributed by atoms with E-state index < -0.39 is 5.97 Å². The monoisotopic (exact) mass is 331 g/mol. The molecule has 0 unspecified atom stereocenters. The van der Waals surface area contributed by atoms with Gasteiger partial charge in [0, 0.05) is 28.6 Å². The SMILES string of the molecule is O=C(O)CCN(Cc1cc(Br)ccc1Cl)C1CC1. The van der Waals surface area contributed by atoms with Gasteiger partial charge in [0.25, 0.3) is 0 Å². The number of hydrogen-bond acceptors (Lipinski definition) is 2. The fourth-order valence-corrected chi connectivity index (χ4v) is 2.54. The molecule has 0 amide bonds. The van der Waals surface area contributed by atoms with Crippen LogP contribution in [0.5, 0.6) is 0 Å². The van der Waals surface area contributed by atoms with Crippen molar-refractivity contribution in [2.75, 3.05) is 6.54 Å². The minimum Gasteiger partial charge on any atom is -0.481 e. The van der Waals surface area contributed by atoms with Gasteiger partial charge in [0.1, 0.15) is 0 Å². The second-order valence-electron chi connectivity index (χ2n) is 4.58. The van der Waals surface area contributed by atoms with Gasteiger partial charge in [-0.3, -0.25) is 9.69 Å². The minimum absolute atomic E-state index is 0.183. The van der Waals surface area contributed by atoms with E-state index in [-0.39, 0.29) is 6.42 Å². The van der Waals surface area contributed by atoms with Crippen molar-refractivity contribution in [1.29, 1.82) is 0 Å². The van der Waals surface area contributed by atoms with Gasteiger partial charge < -0.3 is 5.11 Å².